The Labute approximate surface area is 199 Å². The van der Waals surface area contributed by atoms with Crippen LogP contribution in [0.15, 0.2) is 0 Å². The van der Waals surface area contributed by atoms with Gasteiger partial charge in [-0.1, -0.05) is 77.6 Å². The zero-order valence-electron chi connectivity index (χ0n) is 20.7. The van der Waals surface area contributed by atoms with Crippen LogP contribution in [0.2, 0.25) is 0 Å². The van der Waals surface area contributed by atoms with Crippen LogP contribution in [-0.4, -0.2) is 76.9 Å². The van der Waals surface area contributed by atoms with Crippen LogP contribution in [0.5, 0.6) is 0 Å². The summed E-state index contributed by atoms with van der Waals surface area (Å²) in [6, 6.07) is 0. The van der Waals surface area contributed by atoms with Gasteiger partial charge in [-0.3, -0.25) is 4.79 Å². The monoisotopic (exact) mass is 476 g/mol. The van der Waals surface area contributed by atoms with Gasteiger partial charge in [0.15, 0.2) is 6.29 Å². The molecule has 0 amide bonds. The molecule has 196 valence electrons. The number of methoxy groups -OCH3 is 1. The molecule has 0 aromatic heterocycles. The van der Waals surface area contributed by atoms with Crippen LogP contribution in [0.1, 0.15) is 103 Å². The average molecular weight is 477 g/mol. The molecule has 1 unspecified atom stereocenters. The topological polar surface area (TPSA) is 126 Å². The predicted molar refractivity (Wildman–Crippen MR) is 126 cm³/mol. The lowest BCUT2D eigenvalue weighted by atomic mass is 9.98. The van der Waals surface area contributed by atoms with Crippen molar-refractivity contribution < 1.29 is 39.4 Å². The van der Waals surface area contributed by atoms with Crippen molar-refractivity contribution >= 4 is 5.97 Å². The van der Waals surface area contributed by atoms with Crippen LogP contribution in [0.3, 0.4) is 0 Å². The minimum atomic E-state index is -1.41. The molecule has 8 nitrogen and oxygen atoms in total. The molecular formula is C25H48O8. The van der Waals surface area contributed by atoms with Crippen molar-refractivity contribution in [3.63, 3.8) is 0 Å². The fraction of sp³-hybridized carbons (Fsp3) is 0.960. The molecular weight excluding hydrogens is 428 g/mol. The molecule has 1 fully saturated rings. The molecule has 1 aliphatic heterocycles. The molecule has 0 saturated carbocycles. The Morgan fingerprint density at radius 2 is 1.36 bits per heavy atom. The third-order valence-electron chi connectivity index (χ3n) is 6.44. The molecule has 1 heterocycles. The van der Waals surface area contributed by atoms with Gasteiger partial charge in [-0.25, -0.2) is 0 Å². The van der Waals surface area contributed by atoms with Gasteiger partial charge in [0.2, 0.25) is 0 Å². The second kappa shape index (κ2) is 18.5. The first-order valence-electron chi connectivity index (χ1n) is 13.0. The Morgan fingerprint density at radius 1 is 0.818 bits per heavy atom. The third-order valence-corrected chi connectivity index (χ3v) is 6.44. The molecule has 1 aliphatic rings. The summed E-state index contributed by atoms with van der Waals surface area (Å²) in [6.07, 6.45) is 9.17. The number of carbonyl (C=O) groups excluding carboxylic acids is 1. The van der Waals surface area contributed by atoms with Gasteiger partial charge in [0.05, 0.1) is 19.8 Å². The van der Waals surface area contributed by atoms with E-state index >= 15 is 0 Å². The lowest BCUT2D eigenvalue weighted by Gasteiger charge is -2.41. The van der Waals surface area contributed by atoms with Gasteiger partial charge in [0.25, 0.3) is 0 Å². The highest BCUT2D eigenvalue weighted by Crippen LogP contribution is 2.26. The number of rotatable bonds is 19. The van der Waals surface area contributed by atoms with E-state index < -0.39 is 37.3 Å². The van der Waals surface area contributed by atoms with Gasteiger partial charge in [-0.2, -0.15) is 0 Å². The molecule has 0 radical (unpaired) electrons. The van der Waals surface area contributed by atoms with Gasteiger partial charge in [-0.15, -0.1) is 0 Å². The first kappa shape index (κ1) is 30.3. The van der Waals surface area contributed by atoms with Crippen LogP contribution < -0.4 is 0 Å². The van der Waals surface area contributed by atoms with E-state index in [4.69, 9.17) is 9.47 Å². The summed E-state index contributed by atoms with van der Waals surface area (Å²) in [5, 5.41) is 39.7. The number of aliphatic hydroxyl groups excluding tert-OH is 4. The van der Waals surface area contributed by atoms with Crippen molar-refractivity contribution in [3.05, 3.63) is 0 Å². The lowest BCUT2D eigenvalue weighted by Crippen LogP contribution is -2.59. The summed E-state index contributed by atoms with van der Waals surface area (Å²) in [6.45, 7) is 1.72. The van der Waals surface area contributed by atoms with Gasteiger partial charge in [-0.05, 0) is 19.3 Å². The number of esters is 1. The SMILES string of the molecule is CCCCCCC(CCCCCCCCCCC(=O)OC)O[C@@H]1O[C@H](CO)[C@H](O)[C@H](O)[C@H]1O. The van der Waals surface area contributed by atoms with Crippen molar-refractivity contribution in [2.45, 2.75) is 140 Å². The Morgan fingerprint density at radius 3 is 1.91 bits per heavy atom. The van der Waals surface area contributed by atoms with E-state index in [-0.39, 0.29) is 12.1 Å². The minimum absolute atomic E-state index is 0.0957. The molecule has 4 N–H and O–H groups in total. The smallest absolute Gasteiger partial charge is 0.305 e. The second-order valence-corrected chi connectivity index (χ2v) is 9.25. The van der Waals surface area contributed by atoms with E-state index in [0.717, 1.165) is 70.6 Å². The maximum absolute atomic E-state index is 11.1. The maximum atomic E-state index is 11.1. The van der Waals surface area contributed by atoms with Crippen molar-refractivity contribution in [1.29, 1.82) is 0 Å². The summed E-state index contributed by atoms with van der Waals surface area (Å²) in [5.41, 5.74) is 0. The van der Waals surface area contributed by atoms with E-state index in [1.165, 1.54) is 26.4 Å². The molecule has 33 heavy (non-hydrogen) atoms. The fourth-order valence-corrected chi connectivity index (χ4v) is 4.25. The summed E-state index contributed by atoms with van der Waals surface area (Å²) >= 11 is 0. The van der Waals surface area contributed by atoms with E-state index in [1.54, 1.807) is 0 Å². The highest BCUT2D eigenvalue weighted by atomic mass is 16.7. The average Bonchev–Trinajstić information content (AvgIpc) is 2.82. The van der Waals surface area contributed by atoms with Gasteiger partial charge >= 0.3 is 5.97 Å². The summed E-state index contributed by atoms with van der Waals surface area (Å²) < 4.78 is 16.2. The Balaban J connectivity index is 2.33. The van der Waals surface area contributed by atoms with E-state index in [1.807, 2.05) is 0 Å². The molecule has 1 rings (SSSR count). The number of aliphatic hydroxyl groups is 4. The Kier molecular flexibility index (Phi) is 17.0. The largest absolute Gasteiger partial charge is 0.469 e. The Hall–Kier alpha value is -0.770. The van der Waals surface area contributed by atoms with Crippen LogP contribution in [0, 0.1) is 0 Å². The highest BCUT2D eigenvalue weighted by Gasteiger charge is 2.44. The van der Waals surface area contributed by atoms with Crippen LogP contribution in [-0.2, 0) is 19.0 Å². The van der Waals surface area contributed by atoms with E-state index in [9.17, 15) is 25.2 Å². The van der Waals surface area contributed by atoms with Crippen LogP contribution >= 0.6 is 0 Å². The van der Waals surface area contributed by atoms with Gasteiger partial charge in [0.1, 0.15) is 24.4 Å². The molecule has 0 bridgehead atoms. The van der Waals surface area contributed by atoms with Gasteiger partial charge in [0, 0.05) is 6.42 Å². The summed E-state index contributed by atoms with van der Waals surface area (Å²) in [7, 11) is 1.42. The van der Waals surface area contributed by atoms with Crippen molar-refractivity contribution in [1.82, 2.24) is 0 Å². The quantitative estimate of drug-likeness (QED) is 0.165. The first-order valence-corrected chi connectivity index (χ1v) is 13.0. The normalized spacial score (nSPS) is 26.3. The molecule has 6 atom stereocenters. The van der Waals surface area contributed by atoms with Crippen molar-refractivity contribution in [3.8, 4) is 0 Å². The number of hydrogen-bond acceptors (Lipinski definition) is 8. The maximum Gasteiger partial charge on any atom is 0.305 e. The number of unbranched alkanes of at least 4 members (excludes halogenated alkanes) is 10. The Bertz CT molecular complexity index is 487. The second-order valence-electron chi connectivity index (χ2n) is 9.25. The number of carbonyl (C=O) groups is 1. The zero-order valence-corrected chi connectivity index (χ0v) is 20.7. The zero-order chi connectivity index (χ0) is 24.5. The molecule has 8 heteroatoms. The van der Waals surface area contributed by atoms with E-state index in [0.29, 0.717) is 6.42 Å². The molecule has 0 spiro atoms. The third kappa shape index (κ3) is 12.5. The molecule has 1 saturated heterocycles. The van der Waals surface area contributed by atoms with Crippen molar-refractivity contribution in [2.24, 2.45) is 0 Å². The highest BCUT2D eigenvalue weighted by molar-refractivity contribution is 5.68. The predicted octanol–water partition coefficient (Wildman–Crippen LogP) is 3.22. The molecule has 0 aromatic carbocycles. The first-order chi connectivity index (χ1) is 15.9. The minimum Gasteiger partial charge on any atom is -0.469 e. The van der Waals surface area contributed by atoms with Crippen molar-refractivity contribution in [2.75, 3.05) is 13.7 Å². The molecule has 0 aliphatic carbocycles. The lowest BCUT2D eigenvalue weighted by molar-refractivity contribution is -0.312. The van der Waals surface area contributed by atoms with Crippen LogP contribution in [0.4, 0.5) is 0 Å². The van der Waals surface area contributed by atoms with Gasteiger partial charge < -0.3 is 34.6 Å². The number of hydrogen-bond donors (Lipinski definition) is 4. The van der Waals surface area contributed by atoms with Crippen LogP contribution in [0.25, 0.3) is 0 Å². The van der Waals surface area contributed by atoms with E-state index in [2.05, 4.69) is 11.7 Å². The fourth-order valence-electron chi connectivity index (χ4n) is 4.25. The summed E-state index contributed by atoms with van der Waals surface area (Å²) in [4.78, 5) is 11.1. The standard InChI is InChI=1S/C25H48O8/c1-3-4-5-12-15-19(32-25-24(30)23(29)22(28)20(18-26)33-25)16-13-10-8-6-7-9-11-14-17-21(27)31-2/h19-20,22-26,28-30H,3-18H2,1-2H3/t19?,20-,22+,23+,24-,25-/m1/s1. The summed E-state index contributed by atoms with van der Waals surface area (Å²) in [5.74, 6) is -0.134. The molecule has 0 aromatic rings. The number of ether oxygens (including phenoxy) is 3.